The number of benzene rings is 2. The second-order valence-corrected chi connectivity index (χ2v) is 15.2. The molecule has 4 N–H and O–H groups in total. The first-order valence-electron chi connectivity index (χ1n) is 19.2. The number of H-pyrrole nitrogens is 2. The number of rotatable bonds is 12. The molecule has 0 radical (unpaired) electrons. The number of carbonyl (C=O) groups excluding carboxylic acids is 3. The van der Waals surface area contributed by atoms with Gasteiger partial charge in [-0.1, -0.05) is 52.0 Å². The topological polar surface area (TPSA) is 170 Å². The van der Waals surface area contributed by atoms with Crippen molar-refractivity contribution in [3.8, 4) is 22.5 Å². The van der Waals surface area contributed by atoms with Crippen molar-refractivity contribution in [2.75, 3.05) is 34.0 Å². The lowest BCUT2D eigenvalue weighted by Crippen LogP contribution is -2.51. The molecule has 4 unspecified atom stereocenters. The molecule has 4 atom stereocenters. The molecule has 2 aromatic carbocycles. The Morgan fingerprint density at radius 1 is 0.800 bits per heavy atom. The Morgan fingerprint density at radius 2 is 1.44 bits per heavy atom. The Balaban J connectivity index is 1.07. The van der Waals surface area contributed by atoms with Crippen LogP contribution in [0.1, 0.15) is 77.1 Å². The monoisotopic (exact) mass is 749 g/mol. The lowest BCUT2D eigenvalue weighted by atomic mass is 10.0. The first-order valence-corrected chi connectivity index (χ1v) is 19.2. The van der Waals surface area contributed by atoms with E-state index in [2.05, 4.69) is 57.0 Å². The van der Waals surface area contributed by atoms with Crippen LogP contribution in [0.25, 0.3) is 44.5 Å². The van der Waals surface area contributed by atoms with Gasteiger partial charge >= 0.3 is 6.09 Å². The lowest BCUT2D eigenvalue weighted by Gasteiger charge is -2.30. The standard InChI is InChI=1S/C41H51N9O5/c1-23(2)34(43-22-54-5)39(51)50-18-8-10-33(50)38-45-30-16-15-29(44-36(30)48-38)27-13-11-26-20-28(14-12-25(26)19-27)31-21-42-37(46-31)32-9-7-17-49(32)40(52)35(24(3)4)47-41(53)55-6/h11-16,19-21,23-24,32-35,43H,7-10,17-18,22H2,1-6H3,(H,42,46)(H,47,53)(H,44,45,48). The molecule has 5 aromatic rings. The number of nitrogens with zero attached hydrogens (tertiary/aromatic N) is 5. The molecule has 2 fully saturated rings. The molecule has 7 rings (SSSR count). The maximum absolute atomic E-state index is 13.6. The van der Waals surface area contributed by atoms with Gasteiger partial charge in [0.1, 0.15) is 17.7 Å². The maximum atomic E-state index is 13.6. The molecular weight excluding hydrogens is 699 g/mol. The number of nitrogens with one attached hydrogen (secondary N) is 4. The van der Waals surface area contributed by atoms with Gasteiger partial charge in [-0.15, -0.1) is 0 Å². The summed E-state index contributed by atoms with van der Waals surface area (Å²) in [6.07, 6.45) is 4.59. The van der Waals surface area contributed by atoms with Gasteiger partial charge in [0.25, 0.3) is 0 Å². The Morgan fingerprint density at radius 3 is 2.09 bits per heavy atom. The van der Waals surface area contributed by atoms with Crippen LogP contribution in [0.5, 0.6) is 0 Å². The number of hydrogen-bond donors (Lipinski definition) is 4. The second kappa shape index (κ2) is 16.2. The normalized spacial score (nSPS) is 18.5. The fourth-order valence-electron chi connectivity index (χ4n) is 7.92. The van der Waals surface area contributed by atoms with E-state index in [0.717, 1.165) is 76.1 Å². The van der Waals surface area contributed by atoms with E-state index in [1.807, 2.05) is 55.8 Å². The molecule has 14 nitrogen and oxygen atoms in total. The minimum atomic E-state index is -0.686. The summed E-state index contributed by atoms with van der Waals surface area (Å²) in [5.74, 6) is 1.43. The van der Waals surface area contributed by atoms with Crippen LogP contribution in [0.3, 0.4) is 0 Å². The Bertz CT molecular complexity index is 2180. The molecular formula is C41H51N9O5. The van der Waals surface area contributed by atoms with E-state index >= 15 is 0 Å². The van der Waals surface area contributed by atoms with Crippen molar-refractivity contribution in [1.29, 1.82) is 0 Å². The zero-order chi connectivity index (χ0) is 38.8. The van der Waals surface area contributed by atoms with Crippen LogP contribution >= 0.6 is 0 Å². The Labute approximate surface area is 320 Å². The highest BCUT2D eigenvalue weighted by atomic mass is 16.5. The molecule has 3 amide bonds. The third-order valence-corrected chi connectivity index (χ3v) is 10.9. The molecule has 2 aliphatic rings. The van der Waals surface area contributed by atoms with E-state index in [-0.39, 0.29) is 41.8 Å². The molecule has 3 aromatic heterocycles. The first-order chi connectivity index (χ1) is 26.6. The number of likely N-dealkylation sites (tertiary alicyclic amines) is 2. The van der Waals surface area contributed by atoms with Gasteiger partial charge in [0.15, 0.2) is 5.65 Å². The molecule has 0 aliphatic carbocycles. The number of methoxy groups -OCH3 is 2. The number of imidazole rings is 2. The predicted octanol–water partition coefficient (Wildman–Crippen LogP) is 6.09. The zero-order valence-corrected chi connectivity index (χ0v) is 32.4. The quantitative estimate of drug-likeness (QED) is 0.110. The molecule has 290 valence electrons. The van der Waals surface area contributed by atoms with E-state index in [0.29, 0.717) is 25.5 Å². The van der Waals surface area contributed by atoms with Crippen LogP contribution in [-0.2, 0) is 19.1 Å². The smallest absolute Gasteiger partial charge is 0.407 e. The van der Waals surface area contributed by atoms with Crippen LogP contribution < -0.4 is 10.6 Å². The van der Waals surface area contributed by atoms with Crippen LogP contribution in [0.4, 0.5) is 4.79 Å². The maximum Gasteiger partial charge on any atom is 0.407 e. The average Bonchev–Trinajstić information content (AvgIpc) is 4.01. The van der Waals surface area contributed by atoms with Crippen LogP contribution in [0.2, 0.25) is 0 Å². The number of ether oxygens (including phenoxy) is 2. The fraction of sp³-hybridized carbons (Fsp3) is 0.463. The molecule has 0 spiro atoms. The van der Waals surface area contributed by atoms with Gasteiger partial charge in [-0.05, 0) is 72.6 Å². The van der Waals surface area contributed by atoms with E-state index in [1.54, 1.807) is 7.11 Å². The number of aromatic nitrogens is 5. The largest absolute Gasteiger partial charge is 0.453 e. The molecule has 55 heavy (non-hydrogen) atoms. The third kappa shape index (κ3) is 7.78. The SMILES string of the molecule is COCNC(C(=O)N1CCCC1c1nc2nc(-c3ccc4cc(-c5cnc(C6CCCN6C(=O)C(NC(=O)OC)C(C)C)[nH]5)ccc4c3)ccc2[nH]1)C(C)C. The number of carbonyl (C=O) groups is 3. The van der Waals surface area contributed by atoms with Crippen LogP contribution in [-0.4, -0.2) is 98.8 Å². The molecule has 0 bridgehead atoms. The van der Waals surface area contributed by atoms with Crippen LogP contribution in [0, 0.1) is 11.8 Å². The molecule has 2 aliphatic heterocycles. The zero-order valence-electron chi connectivity index (χ0n) is 32.4. The van der Waals surface area contributed by atoms with E-state index < -0.39 is 12.1 Å². The molecule has 0 saturated carbocycles. The number of pyridine rings is 1. The summed E-state index contributed by atoms with van der Waals surface area (Å²) in [5, 5.41) is 8.07. The van der Waals surface area contributed by atoms with Crippen molar-refractivity contribution in [3.05, 3.63) is 66.4 Å². The van der Waals surface area contributed by atoms with Crippen molar-refractivity contribution in [2.24, 2.45) is 11.8 Å². The summed E-state index contributed by atoms with van der Waals surface area (Å²) < 4.78 is 9.96. The summed E-state index contributed by atoms with van der Waals surface area (Å²) in [6, 6.07) is 15.2. The highest BCUT2D eigenvalue weighted by Crippen LogP contribution is 2.35. The average molecular weight is 750 g/mol. The summed E-state index contributed by atoms with van der Waals surface area (Å²) in [4.78, 5) is 64.4. The Kier molecular flexibility index (Phi) is 11.2. The van der Waals surface area contributed by atoms with Gasteiger partial charge in [-0.2, -0.15) is 0 Å². The van der Waals surface area contributed by atoms with Gasteiger partial charge in [0, 0.05) is 31.3 Å². The van der Waals surface area contributed by atoms with Gasteiger partial charge in [0.2, 0.25) is 11.8 Å². The number of hydrogen-bond acceptors (Lipinski definition) is 9. The molecule has 2 saturated heterocycles. The van der Waals surface area contributed by atoms with Gasteiger partial charge in [0.05, 0.1) is 55.1 Å². The molecule has 5 heterocycles. The third-order valence-electron chi connectivity index (χ3n) is 10.9. The number of amides is 3. The van der Waals surface area contributed by atoms with Gasteiger partial charge in [-0.25, -0.2) is 19.7 Å². The van der Waals surface area contributed by atoms with Crippen molar-refractivity contribution in [2.45, 2.75) is 77.5 Å². The predicted molar refractivity (Wildman–Crippen MR) is 210 cm³/mol. The highest BCUT2D eigenvalue weighted by Gasteiger charge is 2.38. The second-order valence-electron chi connectivity index (χ2n) is 15.2. The van der Waals surface area contributed by atoms with Crippen molar-refractivity contribution in [1.82, 2.24) is 45.4 Å². The van der Waals surface area contributed by atoms with E-state index in [1.165, 1.54) is 7.11 Å². The Hall–Kier alpha value is -5.34. The van der Waals surface area contributed by atoms with Crippen molar-refractivity contribution < 1.29 is 23.9 Å². The number of alkyl carbamates (subject to hydrolysis) is 1. The van der Waals surface area contributed by atoms with Crippen molar-refractivity contribution >= 4 is 39.8 Å². The minimum Gasteiger partial charge on any atom is -0.453 e. The highest BCUT2D eigenvalue weighted by molar-refractivity contribution is 5.91. The van der Waals surface area contributed by atoms with E-state index in [9.17, 15) is 14.4 Å². The number of aromatic amines is 2. The fourth-order valence-corrected chi connectivity index (χ4v) is 7.92. The summed E-state index contributed by atoms with van der Waals surface area (Å²) in [5.41, 5.74) is 5.10. The summed E-state index contributed by atoms with van der Waals surface area (Å²) in [6.45, 7) is 9.49. The van der Waals surface area contributed by atoms with Gasteiger partial charge in [-0.3, -0.25) is 14.9 Å². The number of fused-ring (bicyclic) bond motifs is 2. The minimum absolute atomic E-state index is 0.0644. The lowest BCUT2D eigenvalue weighted by molar-refractivity contribution is -0.136. The summed E-state index contributed by atoms with van der Waals surface area (Å²) in [7, 11) is 2.91. The van der Waals surface area contributed by atoms with Crippen LogP contribution in [0.15, 0.2) is 54.7 Å². The first kappa shape index (κ1) is 38.0. The summed E-state index contributed by atoms with van der Waals surface area (Å²) >= 11 is 0. The van der Waals surface area contributed by atoms with Gasteiger partial charge < -0.3 is 34.6 Å². The van der Waals surface area contributed by atoms with Crippen molar-refractivity contribution in [3.63, 3.8) is 0 Å². The molecule has 14 heteroatoms. The van der Waals surface area contributed by atoms with E-state index in [4.69, 9.17) is 24.4 Å².